The summed E-state index contributed by atoms with van der Waals surface area (Å²) in [5, 5.41) is 0. The highest BCUT2D eigenvalue weighted by Crippen LogP contribution is 2.38. The zero-order valence-electron chi connectivity index (χ0n) is 11.4. The molecule has 0 bridgehead atoms. The lowest BCUT2D eigenvalue weighted by molar-refractivity contribution is 0.478. The van der Waals surface area contributed by atoms with E-state index in [0.717, 1.165) is 28.0 Å². The van der Waals surface area contributed by atoms with Crippen LogP contribution in [0, 0.1) is 0 Å². The van der Waals surface area contributed by atoms with E-state index < -0.39 is 0 Å². The van der Waals surface area contributed by atoms with Gasteiger partial charge >= 0.3 is 0 Å². The molecule has 0 fully saturated rings. The Morgan fingerprint density at radius 2 is 1.47 bits per heavy atom. The van der Waals surface area contributed by atoms with Crippen LogP contribution >= 0.6 is 0 Å². The summed E-state index contributed by atoms with van der Waals surface area (Å²) in [6.07, 6.45) is 1.78. The molecule has 3 rings (SSSR count). The monoisotopic (exact) mass is 250 g/mol. The van der Waals surface area contributed by atoms with Crippen LogP contribution in [0.15, 0.2) is 67.4 Å². The van der Waals surface area contributed by atoms with Gasteiger partial charge in [-0.15, -0.1) is 0 Å². The molecular formula is C18H18O. The van der Waals surface area contributed by atoms with Gasteiger partial charge in [0, 0.05) is 11.1 Å². The van der Waals surface area contributed by atoms with Crippen LogP contribution in [0.2, 0.25) is 0 Å². The Labute approximate surface area is 114 Å². The van der Waals surface area contributed by atoms with Crippen molar-refractivity contribution in [2.45, 2.75) is 13.8 Å². The molecule has 2 aromatic carbocycles. The lowest BCUT2D eigenvalue weighted by Crippen LogP contribution is -2.00. The SMILES string of the molecule is C=C1C(c2ccccc2)=COc2ccccc21.CC. The van der Waals surface area contributed by atoms with Crippen LogP contribution in [0.1, 0.15) is 25.0 Å². The standard InChI is InChI=1S/C16H12O.C2H6/c1-12-14-9-5-6-10-16(14)17-11-15(12)13-7-3-2-4-8-13;1-2/h2-11H,1H2;1-2H3. The number of hydrogen-bond acceptors (Lipinski definition) is 1. The van der Waals surface area contributed by atoms with Crippen LogP contribution in [-0.4, -0.2) is 0 Å². The van der Waals surface area contributed by atoms with E-state index in [9.17, 15) is 0 Å². The summed E-state index contributed by atoms with van der Waals surface area (Å²) >= 11 is 0. The number of benzene rings is 2. The number of hydrogen-bond donors (Lipinski definition) is 0. The van der Waals surface area contributed by atoms with Crippen molar-refractivity contribution in [1.82, 2.24) is 0 Å². The molecular weight excluding hydrogens is 232 g/mol. The summed E-state index contributed by atoms with van der Waals surface area (Å²) in [6, 6.07) is 18.1. The maximum absolute atomic E-state index is 5.64. The second-order valence-electron chi connectivity index (χ2n) is 3.99. The third-order valence-corrected chi connectivity index (χ3v) is 2.93. The summed E-state index contributed by atoms with van der Waals surface area (Å²) in [4.78, 5) is 0. The fourth-order valence-corrected chi connectivity index (χ4v) is 2.02. The van der Waals surface area contributed by atoms with E-state index >= 15 is 0 Å². The summed E-state index contributed by atoms with van der Waals surface area (Å²) in [6.45, 7) is 8.17. The Hall–Kier alpha value is -2.28. The van der Waals surface area contributed by atoms with Gasteiger partial charge in [0.05, 0.1) is 6.26 Å². The fraction of sp³-hybridized carbons (Fsp3) is 0.111. The van der Waals surface area contributed by atoms with Crippen molar-refractivity contribution in [3.8, 4) is 5.75 Å². The molecule has 0 saturated carbocycles. The first kappa shape index (κ1) is 13.2. The summed E-state index contributed by atoms with van der Waals surface area (Å²) in [5.41, 5.74) is 4.25. The van der Waals surface area contributed by atoms with Gasteiger partial charge in [0.1, 0.15) is 5.75 Å². The smallest absolute Gasteiger partial charge is 0.134 e. The van der Waals surface area contributed by atoms with Gasteiger partial charge in [-0.25, -0.2) is 0 Å². The molecule has 0 aliphatic carbocycles. The van der Waals surface area contributed by atoms with E-state index in [1.165, 1.54) is 0 Å². The summed E-state index contributed by atoms with van der Waals surface area (Å²) in [5.74, 6) is 0.872. The van der Waals surface area contributed by atoms with Gasteiger partial charge in [0.2, 0.25) is 0 Å². The average Bonchev–Trinajstić information content (AvgIpc) is 2.51. The zero-order valence-corrected chi connectivity index (χ0v) is 11.4. The van der Waals surface area contributed by atoms with E-state index in [1.54, 1.807) is 6.26 Å². The van der Waals surface area contributed by atoms with Gasteiger partial charge in [-0.3, -0.25) is 0 Å². The molecule has 0 spiro atoms. The normalized spacial score (nSPS) is 12.5. The van der Waals surface area contributed by atoms with Gasteiger partial charge in [-0.1, -0.05) is 69.0 Å². The maximum Gasteiger partial charge on any atom is 0.134 e. The van der Waals surface area contributed by atoms with Crippen LogP contribution in [0.5, 0.6) is 5.75 Å². The molecule has 19 heavy (non-hydrogen) atoms. The molecule has 96 valence electrons. The zero-order chi connectivity index (χ0) is 13.7. The lowest BCUT2D eigenvalue weighted by Gasteiger charge is -2.19. The third kappa shape index (κ3) is 2.60. The summed E-state index contributed by atoms with van der Waals surface area (Å²) in [7, 11) is 0. The third-order valence-electron chi connectivity index (χ3n) is 2.93. The van der Waals surface area contributed by atoms with E-state index in [0.29, 0.717) is 0 Å². The van der Waals surface area contributed by atoms with Crippen molar-refractivity contribution in [3.63, 3.8) is 0 Å². The van der Waals surface area contributed by atoms with Crippen LogP contribution in [0.25, 0.3) is 11.1 Å². The van der Waals surface area contributed by atoms with E-state index in [4.69, 9.17) is 4.74 Å². The van der Waals surface area contributed by atoms with Crippen LogP contribution in [0.4, 0.5) is 0 Å². The molecule has 1 aliphatic heterocycles. The second-order valence-corrected chi connectivity index (χ2v) is 3.99. The maximum atomic E-state index is 5.64. The van der Waals surface area contributed by atoms with Gasteiger partial charge in [-0.05, 0) is 17.2 Å². The number of ether oxygens (including phenoxy) is 1. The highest BCUT2D eigenvalue weighted by Gasteiger charge is 2.17. The Morgan fingerprint density at radius 3 is 2.21 bits per heavy atom. The van der Waals surface area contributed by atoms with Crippen molar-refractivity contribution in [2.24, 2.45) is 0 Å². The number of allylic oxidation sites excluding steroid dienone is 2. The van der Waals surface area contributed by atoms with E-state index in [-0.39, 0.29) is 0 Å². The fourth-order valence-electron chi connectivity index (χ4n) is 2.02. The first-order valence-corrected chi connectivity index (χ1v) is 6.57. The molecule has 0 amide bonds. The van der Waals surface area contributed by atoms with Crippen LogP contribution in [-0.2, 0) is 0 Å². The van der Waals surface area contributed by atoms with E-state index in [2.05, 4.69) is 18.7 Å². The highest BCUT2D eigenvalue weighted by atomic mass is 16.5. The van der Waals surface area contributed by atoms with Gasteiger partial charge in [0.25, 0.3) is 0 Å². The largest absolute Gasteiger partial charge is 0.464 e. The quantitative estimate of drug-likeness (QED) is 0.679. The van der Waals surface area contributed by atoms with Gasteiger partial charge in [0.15, 0.2) is 0 Å². The molecule has 0 saturated heterocycles. The molecule has 0 N–H and O–H groups in total. The Morgan fingerprint density at radius 1 is 0.842 bits per heavy atom. The number of rotatable bonds is 1. The van der Waals surface area contributed by atoms with Crippen LogP contribution in [0.3, 0.4) is 0 Å². The number of para-hydroxylation sites is 1. The van der Waals surface area contributed by atoms with Crippen molar-refractivity contribution in [2.75, 3.05) is 0 Å². The Balaban J connectivity index is 0.000000637. The Kier molecular flexibility index (Phi) is 4.19. The number of fused-ring (bicyclic) bond motifs is 1. The predicted octanol–water partition coefficient (Wildman–Crippen LogP) is 5.16. The van der Waals surface area contributed by atoms with E-state index in [1.807, 2.05) is 56.3 Å². The molecule has 1 aliphatic rings. The van der Waals surface area contributed by atoms with Crippen molar-refractivity contribution in [3.05, 3.63) is 78.6 Å². The highest BCUT2D eigenvalue weighted by molar-refractivity contribution is 6.05. The topological polar surface area (TPSA) is 9.23 Å². The molecule has 0 unspecified atom stereocenters. The van der Waals surface area contributed by atoms with Crippen molar-refractivity contribution in [1.29, 1.82) is 0 Å². The molecule has 0 atom stereocenters. The molecule has 0 radical (unpaired) electrons. The van der Waals surface area contributed by atoms with Gasteiger partial charge in [-0.2, -0.15) is 0 Å². The molecule has 0 aromatic heterocycles. The molecule has 1 nitrogen and oxygen atoms in total. The van der Waals surface area contributed by atoms with Crippen LogP contribution < -0.4 is 4.74 Å². The molecule has 2 aromatic rings. The minimum atomic E-state index is 0.872. The summed E-state index contributed by atoms with van der Waals surface area (Å²) < 4.78 is 5.64. The minimum Gasteiger partial charge on any atom is -0.464 e. The second kappa shape index (κ2) is 6.05. The lowest BCUT2D eigenvalue weighted by atomic mass is 9.93. The average molecular weight is 250 g/mol. The first-order chi connectivity index (χ1) is 9.36. The van der Waals surface area contributed by atoms with Crippen molar-refractivity contribution < 1.29 is 4.74 Å². The minimum absolute atomic E-state index is 0.872. The first-order valence-electron chi connectivity index (χ1n) is 6.57. The molecule has 1 heterocycles. The van der Waals surface area contributed by atoms with Gasteiger partial charge < -0.3 is 4.74 Å². The Bertz CT molecular complexity index is 594. The molecule has 1 heteroatoms. The van der Waals surface area contributed by atoms with Crippen molar-refractivity contribution >= 4 is 11.1 Å². The predicted molar refractivity (Wildman–Crippen MR) is 81.9 cm³/mol.